The zero-order chi connectivity index (χ0) is 13.3. The van der Waals surface area contributed by atoms with Gasteiger partial charge in [0.05, 0.1) is 17.4 Å². The largest absolute Gasteiger partial charge is 0.394 e. The number of anilines is 2. The van der Waals surface area contributed by atoms with Gasteiger partial charge in [-0.25, -0.2) is 0 Å². The Bertz CT molecular complexity index is 590. The molecule has 2 aromatic rings. The highest BCUT2D eigenvalue weighted by Gasteiger charge is 2.14. The van der Waals surface area contributed by atoms with Gasteiger partial charge in [-0.1, -0.05) is 15.9 Å². The summed E-state index contributed by atoms with van der Waals surface area (Å²) in [5.74, 6) is 0.227. The van der Waals surface area contributed by atoms with E-state index in [1.165, 1.54) is 10.9 Å². The van der Waals surface area contributed by atoms with Crippen LogP contribution in [0, 0.1) is 0 Å². The summed E-state index contributed by atoms with van der Waals surface area (Å²) in [4.78, 5) is 12.1. The van der Waals surface area contributed by atoms with Crippen molar-refractivity contribution in [2.45, 2.75) is 0 Å². The van der Waals surface area contributed by atoms with Crippen LogP contribution in [-0.4, -0.2) is 15.7 Å². The molecule has 0 bridgehead atoms. The molecule has 94 valence electrons. The first kappa shape index (κ1) is 13.1. The number of nitrogens with two attached hydrogens (primary N) is 1. The van der Waals surface area contributed by atoms with Gasteiger partial charge in [0.15, 0.2) is 5.82 Å². The number of nitrogens with zero attached hydrogens (tertiary/aromatic N) is 2. The highest BCUT2D eigenvalue weighted by atomic mass is 79.9. The standard InChI is InChI=1S/C11H10Br2N4O/c1-17-10(9(14)5-15-17)16-11(18)7-4-6(12)2-3-8(7)13/h2-5H,14H2,1H3,(H,16,18). The minimum Gasteiger partial charge on any atom is -0.394 e. The molecule has 0 radical (unpaired) electrons. The third kappa shape index (κ3) is 2.56. The molecule has 0 aliphatic carbocycles. The number of hydrogen-bond acceptors (Lipinski definition) is 3. The van der Waals surface area contributed by atoms with Gasteiger partial charge in [0.1, 0.15) is 0 Å². The van der Waals surface area contributed by atoms with Crippen molar-refractivity contribution in [3.63, 3.8) is 0 Å². The fraction of sp³-hybridized carbons (Fsp3) is 0.0909. The second-order valence-corrected chi connectivity index (χ2v) is 5.42. The second-order valence-electron chi connectivity index (χ2n) is 3.65. The van der Waals surface area contributed by atoms with E-state index in [1.54, 1.807) is 19.2 Å². The van der Waals surface area contributed by atoms with Crippen LogP contribution < -0.4 is 11.1 Å². The number of aryl methyl sites for hydroxylation is 1. The lowest BCUT2D eigenvalue weighted by Gasteiger charge is -2.08. The lowest BCUT2D eigenvalue weighted by Crippen LogP contribution is -2.16. The van der Waals surface area contributed by atoms with E-state index in [0.717, 1.165) is 4.47 Å². The van der Waals surface area contributed by atoms with Crippen LogP contribution in [0.3, 0.4) is 0 Å². The van der Waals surface area contributed by atoms with E-state index in [-0.39, 0.29) is 5.91 Å². The first-order valence-corrected chi connectivity index (χ1v) is 6.61. The Labute approximate surface area is 121 Å². The van der Waals surface area contributed by atoms with Gasteiger partial charge in [-0.15, -0.1) is 0 Å². The molecule has 0 fully saturated rings. The second kappa shape index (κ2) is 5.11. The predicted molar refractivity (Wildman–Crippen MR) is 77.4 cm³/mol. The smallest absolute Gasteiger partial charge is 0.258 e. The van der Waals surface area contributed by atoms with Crippen molar-refractivity contribution in [1.82, 2.24) is 9.78 Å². The molecule has 1 aromatic heterocycles. The van der Waals surface area contributed by atoms with Gasteiger partial charge in [0.25, 0.3) is 5.91 Å². The summed E-state index contributed by atoms with van der Waals surface area (Å²) < 4.78 is 3.05. The molecule has 0 spiro atoms. The fourth-order valence-corrected chi connectivity index (χ4v) is 2.24. The number of aromatic nitrogens is 2. The Balaban J connectivity index is 2.30. The lowest BCUT2D eigenvalue weighted by atomic mass is 10.2. The molecule has 3 N–H and O–H groups in total. The highest BCUT2D eigenvalue weighted by Crippen LogP contribution is 2.23. The number of rotatable bonds is 2. The highest BCUT2D eigenvalue weighted by molar-refractivity contribution is 9.11. The van der Waals surface area contributed by atoms with Crippen molar-refractivity contribution in [3.05, 3.63) is 38.9 Å². The maximum Gasteiger partial charge on any atom is 0.258 e. The Morgan fingerprint density at radius 1 is 1.44 bits per heavy atom. The molecule has 0 aliphatic heterocycles. The van der Waals surface area contributed by atoms with Crippen molar-refractivity contribution in [3.8, 4) is 0 Å². The van der Waals surface area contributed by atoms with E-state index >= 15 is 0 Å². The average molecular weight is 374 g/mol. The quantitative estimate of drug-likeness (QED) is 0.849. The van der Waals surface area contributed by atoms with Gasteiger partial charge in [0.2, 0.25) is 0 Å². The summed E-state index contributed by atoms with van der Waals surface area (Å²) in [5.41, 5.74) is 6.66. The Kier molecular flexibility index (Phi) is 3.72. The van der Waals surface area contributed by atoms with Crippen molar-refractivity contribution >= 4 is 49.3 Å². The van der Waals surface area contributed by atoms with Gasteiger partial charge in [-0.3, -0.25) is 9.48 Å². The normalized spacial score (nSPS) is 10.4. The van der Waals surface area contributed by atoms with Gasteiger partial charge in [0, 0.05) is 16.0 Å². The zero-order valence-electron chi connectivity index (χ0n) is 9.45. The number of carbonyl (C=O) groups excluding carboxylic acids is 1. The Hall–Kier alpha value is -1.34. The van der Waals surface area contributed by atoms with E-state index < -0.39 is 0 Å². The molecule has 0 unspecified atom stereocenters. The third-order valence-electron chi connectivity index (χ3n) is 2.37. The van der Waals surface area contributed by atoms with Crippen molar-refractivity contribution in [2.75, 3.05) is 11.1 Å². The van der Waals surface area contributed by atoms with Crippen LogP contribution in [0.2, 0.25) is 0 Å². The topological polar surface area (TPSA) is 72.9 Å². The van der Waals surface area contributed by atoms with E-state index in [9.17, 15) is 4.79 Å². The van der Waals surface area contributed by atoms with Crippen LogP contribution in [0.1, 0.15) is 10.4 Å². The van der Waals surface area contributed by atoms with Crippen LogP contribution in [0.5, 0.6) is 0 Å². The number of hydrogen-bond donors (Lipinski definition) is 2. The van der Waals surface area contributed by atoms with Gasteiger partial charge >= 0.3 is 0 Å². The van der Waals surface area contributed by atoms with Crippen molar-refractivity contribution < 1.29 is 4.79 Å². The van der Waals surface area contributed by atoms with Gasteiger partial charge < -0.3 is 11.1 Å². The minimum atomic E-state index is -0.251. The first-order chi connectivity index (χ1) is 8.49. The molecule has 0 saturated carbocycles. The molecule has 2 rings (SSSR count). The Morgan fingerprint density at radius 2 is 2.17 bits per heavy atom. The molecule has 1 heterocycles. The molecule has 1 aromatic carbocycles. The summed E-state index contributed by atoms with van der Waals surface area (Å²) in [6.45, 7) is 0. The molecular weight excluding hydrogens is 364 g/mol. The number of amides is 1. The minimum absolute atomic E-state index is 0.251. The van der Waals surface area contributed by atoms with Crippen LogP contribution in [0.4, 0.5) is 11.5 Å². The number of benzene rings is 1. The average Bonchev–Trinajstić information content (AvgIpc) is 2.64. The number of nitrogens with one attached hydrogen (secondary N) is 1. The van der Waals surface area contributed by atoms with Gasteiger partial charge in [-0.2, -0.15) is 5.10 Å². The fourth-order valence-electron chi connectivity index (χ4n) is 1.45. The zero-order valence-corrected chi connectivity index (χ0v) is 12.6. The van der Waals surface area contributed by atoms with E-state index in [2.05, 4.69) is 42.3 Å². The molecule has 0 saturated heterocycles. The number of nitrogen functional groups attached to an aromatic ring is 1. The van der Waals surface area contributed by atoms with E-state index in [1.807, 2.05) is 6.07 Å². The maximum absolute atomic E-state index is 12.1. The van der Waals surface area contributed by atoms with Crippen molar-refractivity contribution in [1.29, 1.82) is 0 Å². The SMILES string of the molecule is Cn1ncc(N)c1NC(=O)c1cc(Br)ccc1Br. The molecule has 5 nitrogen and oxygen atoms in total. The van der Waals surface area contributed by atoms with Crippen LogP contribution in [0.25, 0.3) is 0 Å². The summed E-state index contributed by atoms with van der Waals surface area (Å²) >= 11 is 6.67. The summed E-state index contributed by atoms with van der Waals surface area (Å²) in [6.07, 6.45) is 1.49. The van der Waals surface area contributed by atoms with E-state index in [4.69, 9.17) is 5.73 Å². The van der Waals surface area contributed by atoms with Crippen LogP contribution in [-0.2, 0) is 7.05 Å². The maximum atomic E-state index is 12.1. The van der Waals surface area contributed by atoms with Gasteiger partial charge in [-0.05, 0) is 34.1 Å². The number of halogens is 2. The number of carbonyl (C=O) groups is 1. The summed E-state index contributed by atoms with van der Waals surface area (Å²) in [7, 11) is 1.71. The summed E-state index contributed by atoms with van der Waals surface area (Å²) in [6, 6.07) is 5.37. The Morgan fingerprint density at radius 3 is 2.78 bits per heavy atom. The van der Waals surface area contributed by atoms with Crippen LogP contribution in [0.15, 0.2) is 33.3 Å². The lowest BCUT2D eigenvalue weighted by molar-refractivity contribution is 0.102. The first-order valence-electron chi connectivity index (χ1n) is 5.03. The molecular formula is C11H10Br2N4O. The molecule has 7 heteroatoms. The molecule has 1 amide bonds. The molecule has 0 atom stereocenters. The third-order valence-corrected chi connectivity index (χ3v) is 3.56. The van der Waals surface area contributed by atoms with Crippen molar-refractivity contribution in [2.24, 2.45) is 7.05 Å². The monoisotopic (exact) mass is 372 g/mol. The molecule has 18 heavy (non-hydrogen) atoms. The molecule has 0 aliphatic rings. The van der Waals surface area contributed by atoms with E-state index in [0.29, 0.717) is 21.5 Å². The van der Waals surface area contributed by atoms with Crippen LogP contribution >= 0.6 is 31.9 Å². The summed E-state index contributed by atoms with van der Waals surface area (Å²) in [5, 5.41) is 6.69. The predicted octanol–water partition coefficient (Wildman–Crippen LogP) is 2.78.